The van der Waals surface area contributed by atoms with Crippen LogP contribution in [0.3, 0.4) is 0 Å². The molecule has 1 aromatic carbocycles. The Morgan fingerprint density at radius 2 is 2.00 bits per heavy atom. The Kier molecular flexibility index (Phi) is 3.23. The molecule has 2 nitrogen and oxygen atoms in total. The van der Waals surface area contributed by atoms with Crippen LogP contribution in [0.4, 0.5) is 0 Å². The Balaban J connectivity index is 2.30. The highest BCUT2D eigenvalue weighted by Crippen LogP contribution is 2.29. The van der Waals surface area contributed by atoms with E-state index in [0.717, 1.165) is 12.8 Å². The summed E-state index contributed by atoms with van der Waals surface area (Å²) in [6.07, 6.45) is 5.39. The Hall–Kier alpha value is -1.31. The second kappa shape index (κ2) is 4.52. The molecule has 0 saturated carbocycles. The van der Waals surface area contributed by atoms with Gasteiger partial charge in [-0.2, -0.15) is 0 Å². The van der Waals surface area contributed by atoms with Gasteiger partial charge in [-0.15, -0.1) is 0 Å². The summed E-state index contributed by atoms with van der Waals surface area (Å²) >= 11 is 0. The summed E-state index contributed by atoms with van der Waals surface area (Å²) in [6, 6.07) is 6.35. The van der Waals surface area contributed by atoms with Crippen molar-refractivity contribution in [1.29, 1.82) is 0 Å². The molecule has 1 aromatic rings. The molecule has 0 heterocycles. The minimum absolute atomic E-state index is 0.630. The maximum atomic E-state index is 11.2. The third-order valence-corrected chi connectivity index (χ3v) is 3.70. The van der Waals surface area contributed by atoms with Gasteiger partial charge in [-0.05, 0) is 62.6 Å². The molecule has 92 valence electrons. The molecular formula is C15H20O2. The molecule has 17 heavy (non-hydrogen) atoms. The molecule has 0 bridgehead atoms. The minimum Gasteiger partial charge on any atom is -0.481 e. The maximum absolute atomic E-state index is 11.2. The van der Waals surface area contributed by atoms with E-state index in [4.69, 9.17) is 0 Å². The third kappa shape index (κ3) is 2.51. The summed E-state index contributed by atoms with van der Waals surface area (Å²) in [7, 11) is 0. The Bertz CT molecular complexity index is 433. The number of carboxylic acid groups (broad SMARTS) is 1. The Morgan fingerprint density at radius 3 is 2.71 bits per heavy atom. The van der Waals surface area contributed by atoms with Crippen molar-refractivity contribution in [3.8, 4) is 0 Å². The van der Waals surface area contributed by atoms with Gasteiger partial charge in [-0.25, -0.2) is 0 Å². The number of carboxylic acids is 1. The second-order valence-corrected chi connectivity index (χ2v) is 5.63. The maximum Gasteiger partial charge on any atom is 0.309 e. The molecule has 0 fully saturated rings. The highest BCUT2D eigenvalue weighted by molar-refractivity contribution is 5.74. The minimum atomic E-state index is -0.717. The molecule has 2 rings (SSSR count). The van der Waals surface area contributed by atoms with Crippen molar-refractivity contribution >= 4 is 5.97 Å². The molecule has 0 amide bonds. The van der Waals surface area contributed by atoms with E-state index in [0.29, 0.717) is 6.42 Å². The summed E-state index contributed by atoms with van der Waals surface area (Å²) in [5.41, 5.74) is 3.39. The number of carbonyl (C=O) groups is 1. The molecule has 0 aromatic heterocycles. The first-order valence-corrected chi connectivity index (χ1v) is 6.34. The van der Waals surface area contributed by atoms with Crippen molar-refractivity contribution < 1.29 is 9.90 Å². The smallest absolute Gasteiger partial charge is 0.309 e. The third-order valence-electron chi connectivity index (χ3n) is 3.70. The van der Waals surface area contributed by atoms with Crippen molar-refractivity contribution in [3.05, 3.63) is 34.9 Å². The average Bonchev–Trinajstić information content (AvgIpc) is 2.29. The number of aryl methyl sites for hydroxylation is 1. The number of rotatable bonds is 3. The lowest BCUT2D eigenvalue weighted by Gasteiger charge is -2.24. The van der Waals surface area contributed by atoms with E-state index in [9.17, 15) is 9.90 Å². The molecule has 0 spiro atoms. The molecule has 0 atom stereocenters. The monoisotopic (exact) mass is 232 g/mol. The molecule has 1 aliphatic carbocycles. The number of hydrogen-bond donors (Lipinski definition) is 1. The average molecular weight is 232 g/mol. The highest BCUT2D eigenvalue weighted by Gasteiger charge is 2.28. The fourth-order valence-electron chi connectivity index (χ4n) is 2.58. The summed E-state index contributed by atoms with van der Waals surface area (Å²) in [4.78, 5) is 11.2. The largest absolute Gasteiger partial charge is 0.481 e. The lowest BCUT2D eigenvalue weighted by molar-refractivity contribution is -0.146. The van der Waals surface area contributed by atoms with Gasteiger partial charge in [0, 0.05) is 0 Å². The van der Waals surface area contributed by atoms with Crippen LogP contribution in [0.1, 0.15) is 43.4 Å². The van der Waals surface area contributed by atoms with Crippen LogP contribution in [-0.2, 0) is 24.1 Å². The van der Waals surface area contributed by atoms with Crippen molar-refractivity contribution in [2.45, 2.75) is 46.0 Å². The predicted molar refractivity (Wildman–Crippen MR) is 68.2 cm³/mol. The van der Waals surface area contributed by atoms with Gasteiger partial charge in [0.15, 0.2) is 0 Å². The summed E-state index contributed by atoms with van der Waals surface area (Å²) in [6.45, 7) is 3.61. The lowest BCUT2D eigenvalue weighted by Crippen LogP contribution is -2.27. The standard InChI is InChI=1S/C15H20O2/c1-15(2,14(16)17)10-12-8-5-7-11-6-3-4-9-13(11)12/h5,7-8H,3-4,6,9-10H2,1-2H3,(H,16,17). The van der Waals surface area contributed by atoms with Crippen LogP contribution in [-0.4, -0.2) is 11.1 Å². The van der Waals surface area contributed by atoms with Gasteiger partial charge in [-0.1, -0.05) is 18.2 Å². The van der Waals surface area contributed by atoms with Crippen LogP contribution in [0.2, 0.25) is 0 Å². The van der Waals surface area contributed by atoms with Crippen LogP contribution in [0, 0.1) is 5.41 Å². The first-order valence-electron chi connectivity index (χ1n) is 6.34. The summed E-state index contributed by atoms with van der Waals surface area (Å²) in [5, 5.41) is 9.21. The van der Waals surface area contributed by atoms with E-state index in [-0.39, 0.29) is 0 Å². The van der Waals surface area contributed by atoms with Gasteiger partial charge in [0.1, 0.15) is 0 Å². The van der Waals surface area contributed by atoms with Crippen molar-refractivity contribution in [3.63, 3.8) is 0 Å². The SMILES string of the molecule is CC(C)(Cc1cccc2c1CCCC2)C(=O)O. The Morgan fingerprint density at radius 1 is 1.29 bits per heavy atom. The predicted octanol–water partition coefficient (Wildman–Crippen LogP) is 3.22. The second-order valence-electron chi connectivity index (χ2n) is 5.63. The van der Waals surface area contributed by atoms with Gasteiger partial charge >= 0.3 is 5.97 Å². The molecule has 1 aliphatic rings. The molecule has 1 N–H and O–H groups in total. The van der Waals surface area contributed by atoms with Crippen LogP contribution in [0.15, 0.2) is 18.2 Å². The number of fused-ring (bicyclic) bond motifs is 1. The van der Waals surface area contributed by atoms with Crippen LogP contribution < -0.4 is 0 Å². The van der Waals surface area contributed by atoms with E-state index in [1.54, 1.807) is 13.8 Å². The van der Waals surface area contributed by atoms with Gasteiger partial charge in [0.2, 0.25) is 0 Å². The molecule has 2 heteroatoms. The van der Waals surface area contributed by atoms with E-state index >= 15 is 0 Å². The lowest BCUT2D eigenvalue weighted by atomic mass is 9.80. The van der Waals surface area contributed by atoms with Gasteiger partial charge in [-0.3, -0.25) is 4.79 Å². The van der Waals surface area contributed by atoms with Crippen molar-refractivity contribution in [2.75, 3.05) is 0 Å². The molecule has 0 aliphatic heterocycles. The van der Waals surface area contributed by atoms with Crippen LogP contribution in [0.25, 0.3) is 0 Å². The fourth-order valence-corrected chi connectivity index (χ4v) is 2.58. The highest BCUT2D eigenvalue weighted by atomic mass is 16.4. The zero-order chi connectivity index (χ0) is 12.5. The molecular weight excluding hydrogens is 212 g/mol. The quantitative estimate of drug-likeness (QED) is 0.868. The first-order chi connectivity index (χ1) is 8.00. The van der Waals surface area contributed by atoms with Crippen molar-refractivity contribution in [2.24, 2.45) is 5.41 Å². The molecule has 0 saturated heterocycles. The summed E-state index contributed by atoms with van der Waals surface area (Å²) in [5.74, 6) is -0.717. The fraction of sp³-hybridized carbons (Fsp3) is 0.533. The Labute approximate surface area is 103 Å². The van der Waals surface area contributed by atoms with Gasteiger partial charge < -0.3 is 5.11 Å². The topological polar surface area (TPSA) is 37.3 Å². The number of benzene rings is 1. The number of hydrogen-bond acceptors (Lipinski definition) is 1. The van der Waals surface area contributed by atoms with E-state index in [1.165, 1.54) is 29.5 Å². The van der Waals surface area contributed by atoms with E-state index in [2.05, 4.69) is 18.2 Å². The van der Waals surface area contributed by atoms with Crippen molar-refractivity contribution in [1.82, 2.24) is 0 Å². The molecule has 0 unspecified atom stereocenters. The zero-order valence-electron chi connectivity index (χ0n) is 10.6. The first kappa shape index (κ1) is 12.2. The zero-order valence-corrected chi connectivity index (χ0v) is 10.6. The van der Waals surface area contributed by atoms with E-state index < -0.39 is 11.4 Å². The van der Waals surface area contributed by atoms with E-state index in [1.807, 2.05) is 0 Å². The normalized spacial score (nSPS) is 15.4. The van der Waals surface area contributed by atoms with Gasteiger partial charge in [0.05, 0.1) is 5.41 Å². The van der Waals surface area contributed by atoms with Gasteiger partial charge in [0.25, 0.3) is 0 Å². The molecule has 0 radical (unpaired) electrons. The van der Waals surface area contributed by atoms with Crippen LogP contribution >= 0.6 is 0 Å². The van der Waals surface area contributed by atoms with Crippen LogP contribution in [0.5, 0.6) is 0 Å². The number of aliphatic carboxylic acids is 1. The summed E-state index contributed by atoms with van der Waals surface area (Å²) < 4.78 is 0.